The third-order valence-corrected chi connectivity index (χ3v) is 14.2. The van der Waals surface area contributed by atoms with Crippen molar-refractivity contribution in [2.75, 3.05) is 0 Å². The SMILES string of the molecule is c1ccc(-c2nc3ccccc3c3c4c(ccc23)C2(c3ccccc3Sc3ccccc32)c2ccc(-c3ccc(-c5cc(-c6ccccn6)nc(-c6ccccn6)c5)cc3)cc2-4)cc1. The van der Waals surface area contributed by atoms with E-state index in [0.29, 0.717) is 0 Å². The van der Waals surface area contributed by atoms with E-state index >= 15 is 0 Å². The highest BCUT2D eigenvalue weighted by molar-refractivity contribution is 7.99. The molecule has 0 amide bonds. The van der Waals surface area contributed by atoms with Crippen molar-refractivity contribution in [3.8, 4) is 67.4 Å². The summed E-state index contributed by atoms with van der Waals surface area (Å²) in [6, 6.07) is 74.4. The summed E-state index contributed by atoms with van der Waals surface area (Å²) in [5.74, 6) is 0. The second kappa shape index (κ2) is 14.6. The van der Waals surface area contributed by atoms with Gasteiger partial charge in [0.2, 0.25) is 0 Å². The van der Waals surface area contributed by atoms with Crippen molar-refractivity contribution in [1.29, 1.82) is 0 Å². The van der Waals surface area contributed by atoms with Gasteiger partial charge in [-0.15, -0.1) is 0 Å². The predicted molar refractivity (Wildman–Crippen MR) is 261 cm³/mol. The molecule has 0 unspecified atom stereocenters. The third kappa shape index (κ3) is 5.57. The molecular formula is C59H36N4S. The number of fused-ring (bicyclic) bond motifs is 13. The van der Waals surface area contributed by atoms with Gasteiger partial charge in [-0.25, -0.2) is 9.97 Å². The Labute approximate surface area is 375 Å². The topological polar surface area (TPSA) is 51.6 Å². The van der Waals surface area contributed by atoms with E-state index in [0.717, 1.165) is 72.6 Å². The second-order valence-electron chi connectivity index (χ2n) is 16.5. The van der Waals surface area contributed by atoms with Crippen LogP contribution in [0.1, 0.15) is 22.3 Å². The number of para-hydroxylation sites is 1. The van der Waals surface area contributed by atoms with E-state index in [2.05, 4.69) is 180 Å². The highest BCUT2D eigenvalue weighted by Crippen LogP contribution is 2.64. The fourth-order valence-electron chi connectivity index (χ4n) is 10.3. The van der Waals surface area contributed by atoms with Crippen LogP contribution >= 0.6 is 11.8 Å². The van der Waals surface area contributed by atoms with Gasteiger partial charge >= 0.3 is 0 Å². The second-order valence-corrected chi connectivity index (χ2v) is 17.6. The molecule has 0 fully saturated rings. The molecule has 4 aromatic heterocycles. The Hall–Kier alpha value is -7.99. The molecular weight excluding hydrogens is 797 g/mol. The average molecular weight is 833 g/mol. The molecule has 2 aliphatic rings. The molecule has 7 aromatic carbocycles. The fraction of sp³-hybridized carbons (Fsp3) is 0.0169. The van der Waals surface area contributed by atoms with Gasteiger partial charge in [0.15, 0.2) is 0 Å². The molecule has 0 saturated heterocycles. The van der Waals surface area contributed by atoms with Crippen molar-refractivity contribution in [2.24, 2.45) is 0 Å². The molecule has 13 rings (SSSR count). The molecule has 4 nitrogen and oxygen atoms in total. The van der Waals surface area contributed by atoms with E-state index in [1.54, 1.807) is 0 Å². The van der Waals surface area contributed by atoms with Gasteiger partial charge in [0, 0.05) is 43.9 Å². The summed E-state index contributed by atoms with van der Waals surface area (Å²) < 4.78 is 0. The maximum atomic E-state index is 5.36. The van der Waals surface area contributed by atoms with Crippen molar-refractivity contribution in [3.05, 3.63) is 241 Å². The summed E-state index contributed by atoms with van der Waals surface area (Å²) in [5, 5.41) is 3.55. The van der Waals surface area contributed by atoms with Crippen molar-refractivity contribution in [1.82, 2.24) is 19.9 Å². The summed E-state index contributed by atoms with van der Waals surface area (Å²) in [4.78, 5) is 22.2. The van der Waals surface area contributed by atoms with E-state index in [1.807, 2.05) is 60.6 Å². The summed E-state index contributed by atoms with van der Waals surface area (Å²) in [5.41, 5.74) is 18.1. The lowest BCUT2D eigenvalue weighted by atomic mass is 9.67. The van der Waals surface area contributed by atoms with E-state index in [1.165, 1.54) is 48.6 Å². The standard InChI is InChI=1S/C59H36N4S/c1-2-14-39(15-3-1)58-43-29-31-48-57(56(43)42-16-4-7-19-49(42)63-58)44-34-40(28-30-45(44)59(48)46-17-5-8-22-54(46)64-55-23-9-6-18-47(55)59)37-24-26-38(27-25-37)41-35-52(50-20-10-12-32-60-50)62-53(36-41)51-21-11-13-33-61-51/h1-36H. The van der Waals surface area contributed by atoms with Crippen LogP contribution in [0.15, 0.2) is 228 Å². The highest BCUT2D eigenvalue weighted by atomic mass is 32.2. The largest absolute Gasteiger partial charge is 0.255 e. The zero-order chi connectivity index (χ0) is 42.2. The quantitative estimate of drug-likeness (QED) is 0.162. The van der Waals surface area contributed by atoms with Crippen molar-refractivity contribution >= 4 is 33.4 Å². The van der Waals surface area contributed by atoms with Crippen LogP contribution in [0.3, 0.4) is 0 Å². The number of hydrogen-bond acceptors (Lipinski definition) is 5. The Kier molecular flexibility index (Phi) is 8.33. The van der Waals surface area contributed by atoms with Crippen LogP contribution < -0.4 is 0 Å². The number of pyridine rings is 4. The number of rotatable bonds is 5. The van der Waals surface area contributed by atoms with E-state index < -0.39 is 5.41 Å². The van der Waals surface area contributed by atoms with Crippen molar-refractivity contribution < 1.29 is 0 Å². The summed E-state index contributed by atoms with van der Waals surface area (Å²) in [6.07, 6.45) is 3.62. The molecule has 0 N–H and O–H groups in total. The molecule has 5 heterocycles. The lowest BCUT2D eigenvalue weighted by Crippen LogP contribution is -2.31. The van der Waals surface area contributed by atoms with Crippen LogP contribution in [0.2, 0.25) is 0 Å². The lowest BCUT2D eigenvalue weighted by Gasteiger charge is -2.39. The lowest BCUT2D eigenvalue weighted by molar-refractivity contribution is 0.723. The predicted octanol–water partition coefficient (Wildman–Crippen LogP) is 14.7. The zero-order valence-corrected chi connectivity index (χ0v) is 35.3. The van der Waals surface area contributed by atoms with Crippen LogP contribution in [-0.2, 0) is 5.41 Å². The molecule has 0 bridgehead atoms. The number of nitrogens with zero attached hydrogens (tertiary/aromatic N) is 4. The maximum absolute atomic E-state index is 5.36. The third-order valence-electron chi connectivity index (χ3n) is 13.0. The Bertz CT molecular complexity index is 3520. The molecule has 1 aliphatic heterocycles. The van der Waals surface area contributed by atoms with Gasteiger partial charge in [0.25, 0.3) is 0 Å². The average Bonchev–Trinajstić information content (AvgIpc) is 3.66. The molecule has 11 aromatic rings. The smallest absolute Gasteiger partial charge is 0.0900 e. The van der Waals surface area contributed by atoms with Gasteiger partial charge in [-0.1, -0.05) is 157 Å². The number of hydrogen-bond donors (Lipinski definition) is 0. The van der Waals surface area contributed by atoms with Crippen LogP contribution in [0.5, 0.6) is 0 Å². The van der Waals surface area contributed by atoms with Gasteiger partial charge in [-0.2, -0.15) is 0 Å². The van der Waals surface area contributed by atoms with Crippen LogP contribution in [0.25, 0.3) is 89.1 Å². The van der Waals surface area contributed by atoms with Crippen LogP contribution in [0.4, 0.5) is 0 Å². The molecule has 298 valence electrons. The fourth-order valence-corrected chi connectivity index (χ4v) is 11.5. The minimum absolute atomic E-state index is 0.519. The van der Waals surface area contributed by atoms with Crippen LogP contribution in [-0.4, -0.2) is 19.9 Å². The van der Waals surface area contributed by atoms with E-state index in [9.17, 15) is 0 Å². The Morgan fingerprint density at radius 1 is 0.359 bits per heavy atom. The first-order chi connectivity index (χ1) is 31.7. The monoisotopic (exact) mass is 832 g/mol. The zero-order valence-electron chi connectivity index (χ0n) is 34.5. The first-order valence-electron chi connectivity index (χ1n) is 21.6. The Morgan fingerprint density at radius 2 is 0.938 bits per heavy atom. The molecule has 5 heteroatoms. The van der Waals surface area contributed by atoms with Gasteiger partial charge in [0.1, 0.15) is 0 Å². The first kappa shape index (κ1) is 36.6. The minimum Gasteiger partial charge on any atom is -0.255 e. The molecule has 1 spiro atoms. The number of benzene rings is 7. The maximum Gasteiger partial charge on any atom is 0.0900 e. The first-order valence-corrected chi connectivity index (χ1v) is 22.4. The summed E-state index contributed by atoms with van der Waals surface area (Å²) >= 11 is 1.88. The number of aromatic nitrogens is 4. The van der Waals surface area contributed by atoms with E-state index in [-0.39, 0.29) is 0 Å². The van der Waals surface area contributed by atoms with Gasteiger partial charge in [0.05, 0.1) is 39.4 Å². The van der Waals surface area contributed by atoms with Crippen molar-refractivity contribution in [2.45, 2.75) is 15.2 Å². The normalized spacial score (nSPS) is 13.1. The van der Waals surface area contributed by atoms with Crippen LogP contribution in [0, 0.1) is 0 Å². The molecule has 0 radical (unpaired) electrons. The van der Waals surface area contributed by atoms with Gasteiger partial charge in [-0.05, 0) is 116 Å². The van der Waals surface area contributed by atoms with Gasteiger partial charge < -0.3 is 0 Å². The molecule has 0 saturated carbocycles. The van der Waals surface area contributed by atoms with Gasteiger partial charge in [-0.3, -0.25) is 9.97 Å². The summed E-state index contributed by atoms with van der Waals surface area (Å²) in [7, 11) is 0. The van der Waals surface area contributed by atoms with Crippen molar-refractivity contribution in [3.63, 3.8) is 0 Å². The molecule has 1 aliphatic carbocycles. The van der Waals surface area contributed by atoms with E-state index in [4.69, 9.17) is 9.97 Å². The highest BCUT2D eigenvalue weighted by Gasteiger charge is 2.51. The Morgan fingerprint density at radius 3 is 1.61 bits per heavy atom. The molecule has 0 atom stereocenters. The minimum atomic E-state index is -0.519. The molecule has 64 heavy (non-hydrogen) atoms. The Balaban J connectivity index is 1.04. The summed E-state index contributed by atoms with van der Waals surface area (Å²) in [6.45, 7) is 0.